The number of nitrogens with one attached hydrogen (secondary N) is 1. The Balaban J connectivity index is 2.24. The average molecular weight is 185 g/mol. The minimum absolute atomic E-state index is 0.0737. The first kappa shape index (κ1) is 10.5. The molecule has 1 aliphatic carbocycles. The third-order valence-corrected chi connectivity index (χ3v) is 2.44. The molecule has 76 valence electrons. The smallest absolute Gasteiger partial charge is 0.223 e. The summed E-state index contributed by atoms with van der Waals surface area (Å²) in [5.41, 5.74) is -0.807. The van der Waals surface area contributed by atoms with Crippen LogP contribution < -0.4 is 5.32 Å². The summed E-state index contributed by atoms with van der Waals surface area (Å²) in [4.78, 5) is 11.4. The van der Waals surface area contributed by atoms with Gasteiger partial charge in [0, 0.05) is 12.5 Å². The van der Waals surface area contributed by atoms with Crippen molar-refractivity contribution in [1.29, 1.82) is 0 Å². The van der Waals surface area contributed by atoms with Crippen molar-refractivity contribution in [2.24, 2.45) is 11.8 Å². The lowest BCUT2D eigenvalue weighted by atomic mass is 10.0. The Kier molecular flexibility index (Phi) is 2.96. The van der Waals surface area contributed by atoms with Crippen molar-refractivity contribution in [1.82, 2.24) is 5.32 Å². The van der Waals surface area contributed by atoms with Crippen molar-refractivity contribution in [3.05, 3.63) is 0 Å². The van der Waals surface area contributed by atoms with E-state index >= 15 is 0 Å². The van der Waals surface area contributed by atoms with Crippen molar-refractivity contribution < 1.29 is 9.90 Å². The Bertz CT molecular complexity index is 192. The Morgan fingerprint density at radius 2 is 2.15 bits per heavy atom. The van der Waals surface area contributed by atoms with Gasteiger partial charge in [0.05, 0.1) is 5.60 Å². The summed E-state index contributed by atoms with van der Waals surface area (Å²) in [6.45, 7) is 5.67. The van der Waals surface area contributed by atoms with Gasteiger partial charge in [-0.1, -0.05) is 6.92 Å². The van der Waals surface area contributed by atoms with Crippen LogP contribution in [-0.4, -0.2) is 23.2 Å². The SMILES string of the molecule is CC(C(=O)NCC(C)(C)O)C1CC1. The van der Waals surface area contributed by atoms with Crippen molar-refractivity contribution in [2.75, 3.05) is 6.54 Å². The number of aliphatic hydroxyl groups is 1. The lowest BCUT2D eigenvalue weighted by molar-refractivity contribution is -0.126. The van der Waals surface area contributed by atoms with Crippen LogP contribution in [0.15, 0.2) is 0 Å². The van der Waals surface area contributed by atoms with Crippen molar-refractivity contribution in [3.63, 3.8) is 0 Å². The molecule has 0 radical (unpaired) electrons. The van der Waals surface area contributed by atoms with Gasteiger partial charge >= 0.3 is 0 Å². The lowest BCUT2D eigenvalue weighted by Gasteiger charge is -2.19. The van der Waals surface area contributed by atoms with Gasteiger partial charge in [-0.2, -0.15) is 0 Å². The number of carbonyl (C=O) groups is 1. The highest BCUT2D eigenvalue weighted by Gasteiger charge is 2.32. The molecular weight excluding hydrogens is 166 g/mol. The van der Waals surface area contributed by atoms with E-state index in [1.807, 2.05) is 6.92 Å². The summed E-state index contributed by atoms with van der Waals surface area (Å²) in [7, 11) is 0. The molecule has 2 N–H and O–H groups in total. The normalized spacial score (nSPS) is 19.7. The zero-order chi connectivity index (χ0) is 10.1. The predicted molar refractivity (Wildman–Crippen MR) is 51.2 cm³/mol. The van der Waals surface area contributed by atoms with Gasteiger partial charge in [-0.3, -0.25) is 4.79 Å². The first-order valence-electron chi connectivity index (χ1n) is 4.90. The summed E-state index contributed by atoms with van der Waals surface area (Å²) in [5.74, 6) is 0.772. The van der Waals surface area contributed by atoms with Crippen molar-refractivity contribution >= 4 is 5.91 Å². The highest BCUT2D eigenvalue weighted by Crippen LogP contribution is 2.36. The monoisotopic (exact) mass is 185 g/mol. The van der Waals surface area contributed by atoms with Gasteiger partial charge in [0.15, 0.2) is 0 Å². The van der Waals surface area contributed by atoms with Gasteiger partial charge < -0.3 is 10.4 Å². The third kappa shape index (κ3) is 3.77. The summed E-state index contributed by atoms with van der Waals surface area (Å²) in [6.07, 6.45) is 2.36. The zero-order valence-corrected chi connectivity index (χ0v) is 8.63. The molecule has 3 nitrogen and oxygen atoms in total. The van der Waals surface area contributed by atoms with Crippen LogP contribution in [0.3, 0.4) is 0 Å². The molecule has 0 aliphatic heterocycles. The first-order chi connectivity index (χ1) is 5.90. The predicted octanol–water partition coefficient (Wildman–Crippen LogP) is 0.920. The van der Waals surface area contributed by atoms with Crippen LogP contribution in [0.4, 0.5) is 0 Å². The Morgan fingerprint density at radius 3 is 2.54 bits per heavy atom. The second kappa shape index (κ2) is 3.66. The van der Waals surface area contributed by atoms with Crippen LogP contribution in [0.1, 0.15) is 33.6 Å². The van der Waals surface area contributed by atoms with Crippen molar-refractivity contribution in [3.8, 4) is 0 Å². The van der Waals surface area contributed by atoms with E-state index in [0.29, 0.717) is 12.5 Å². The van der Waals surface area contributed by atoms with Crippen LogP contribution >= 0.6 is 0 Å². The highest BCUT2D eigenvalue weighted by atomic mass is 16.3. The fourth-order valence-electron chi connectivity index (χ4n) is 1.27. The van der Waals surface area contributed by atoms with E-state index in [1.165, 1.54) is 12.8 Å². The van der Waals surface area contributed by atoms with Gasteiger partial charge in [-0.25, -0.2) is 0 Å². The van der Waals surface area contributed by atoms with Gasteiger partial charge in [0.2, 0.25) is 5.91 Å². The van der Waals surface area contributed by atoms with E-state index < -0.39 is 5.60 Å². The number of hydrogen-bond donors (Lipinski definition) is 2. The minimum Gasteiger partial charge on any atom is -0.389 e. The lowest BCUT2D eigenvalue weighted by Crippen LogP contribution is -2.40. The van der Waals surface area contributed by atoms with Crippen LogP contribution in [0.5, 0.6) is 0 Å². The molecule has 1 unspecified atom stereocenters. The largest absolute Gasteiger partial charge is 0.389 e. The maximum atomic E-state index is 11.4. The van der Waals surface area contributed by atoms with Crippen LogP contribution in [-0.2, 0) is 4.79 Å². The molecule has 0 aromatic rings. The fraction of sp³-hybridized carbons (Fsp3) is 0.900. The first-order valence-corrected chi connectivity index (χ1v) is 4.90. The molecule has 0 heterocycles. The van der Waals surface area contributed by atoms with Gasteiger partial charge in [-0.15, -0.1) is 0 Å². The van der Waals surface area contributed by atoms with E-state index in [0.717, 1.165) is 0 Å². The number of carbonyl (C=O) groups excluding carboxylic acids is 1. The number of hydrogen-bond acceptors (Lipinski definition) is 2. The molecule has 13 heavy (non-hydrogen) atoms. The zero-order valence-electron chi connectivity index (χ0n) is 8.63. The van der Waals surface area contributed by atoms with Gasteiger partial charge in [-0.05, 0) is 32.6 Å². The maximum Gasteiger partial charge on any atom is 0.223 e. The fourth-order valence-corrected chi connectivity index (χ4v) is 1.27. The molecule has 0 bridgehead atoms. The molecule has 1 saturated carbocycles. The quantitative estimate of drug-likeness (QED) is 0.684. The minimum atomic E-state index is -0.807. The van der Waals surface area contributed by atoms with Crippen LogP contribution in [0, 0.1) is 11.8 Å². The van der Waals surface area contributed by atoms with Gasteiger partial charge in [0.1, 0.15) is 0 Å². The molecule has 1 rings (SSSR count). The maximum absolute atomic E-state index is 11.4. The molecule has 1 atom stereocenters. The molecule has 0 spiro atoms. The Labute approximate surface area is 79.5 Å². The van der Waals surface area contributed by atoms with E-state index in [-0.39, 0.29) is 11.8 Å². The summed E-state index contributed by atoms with van der Waals surface area (Å²) in [6, 6.07) is 0. The van der Waals surface area contributed by atoms with Crippen LogP contribution in [0.2, 0.25) is 0 Å². The molecule has 3 heteroatoms. The van der Waals surface area contributed by atoms with E-state index in [9.17, 15) is 9.90 Å². The van der Waals surface area contributed by atoms with E-state index in [2.05, 4.69) is 5.32 Å². The number of rotatable bonds is 4. The van der Waals surface area contributed by atoms with Gasteiger partial charge in [0.25, 0.3) is 0 Å². The molecule has 1 fully saturated rings. The highest BCUT2D eigenvalue weighted by molar-refractivity contribution is 5.78. The second-order valence-electron chi connectivity index (χ2n) is 4.66. The standard InChI is InChI=1S/C10H19NO2/c1-7(8-4-5-8)9(12)11-6-10(2,3)13/h7-8,13H,4-6H2,1-3H3,(H,11,12). The summed E-state index contributed by atoms with van der Waals surface area (Å²) >= 11 is 0. The molecule has 0 saturated heterocycles. The number of amides is 1. The van der Waals surface area contributed by atoms with Crippen molar-refractivity contribution in [2.45, 2.75) is 39.2 Å². The summed E-state index contributed by atoms with van der Waals surface area (Å²) < 4.78 is 0. The van der Waals surface area contributed by atoms with E-state index in [4.69, 9.17) is 0 Å². The molecular formula is C10H19NO2. The van der Waals surface area contributed by atoms with E-state index in [1.54, 1.807) is 13.8 Å². The molecule has 0 aromatic heterocycles. The summed E-state index contributed by atoms with van der Waals surface area (Å²) in [5, 5.41) is 12.1. The molecule has 1 amide bonds. The second-order valence-corrected chi connectivity index (χ2v) is 4.66. The third-order valence-electron chi connectivity index (χ3n) is 2.44. The molecule has 0 aromatic carbocycles. The average Bonchev–Trinajstić information content (AvgIpc) is 2.79. The molecule has 1 aliphatic rings. The topological polar surface area (TPSA) is 49.3 Å². The Morgan fingerprint density at radius 1 is 1.62 bits per heavy atom. The van der Waals surface area contributed by atoms with Crippen LogP contribution in [0.25, 0.3) is 0 Å². The Hall–Kier alpha value is -0.570.